The molecule has 1 atom stereocenters. The number of carbonyl (C=O) groups excluding carboxylic acids is 1. The molecule has 3 aromatic rings. The Morgan fingerprint density at radius 1 is 1.19 bits per heavy atom. The fourth-order valence-electron chi connectivity index (χ4n) is 5.14. The summed E-state index contributed by atoms with van der Waals surface area (Å²) in [5.74, 6) is -0.178. The molecule has 0 bridgehead atoms. The van der Waals surface area contributed by atoms with Crippen LogP contribution in [0.1, 0.15) is 27.9 Å². The number of fused-ring (bicyclic) bond motifs is 1. The number of aromatic amines is 1. The predicted octanol–water partition coefficient (Wildman–Crippen LogP) is 2.43. The maximum atomic E-state index is 13.4. The van der Waals surface area contributed by atoms with Gasteiger partial charge < -0.3 is 24.1 Å². The molecule has 5 rings (SSSR count). The second kappa shape index (κ2) is 8.22. The van der Waals surface area contributed by atoms with Crippen LogP contribution in [0.4, 0.5) is 0 Å². The second-order valence-corrected chi connectivity index (χ2v) is 9.23. The molecule has 1 amide bonds. The van der Waals surface area contributed by atoms with E-state index in [-0.39, 0.29) is 22.6 Å². The SMILES string of the molecule is Cc1ccn(CCc2c[nH]c3ccccc23)c(=O)c1C(=O)N1CCC2(CN(C)CCO2)C1. The third kappa shape index (κ3) is 3.76. The molecular weight excluding hydrogens is 404 g/mol. The molecule has 168 valence electrons. The number of amides is 1. The number of para-hydroxylation sites is 1. The molecule has 1 unspecified atom stereocenters. The lowest BCUT2D eigenvalue weighted by Gasteiger charge is -2.38. The van der Waals surface area contributed by atoms with Gasteiger partial charge in [0.2, 0.25) is 0 Å². The zero-order valence-electron chi connectivity index (χ0n) is 18.8. The van der Waals surface area contributed by atoms with E-state index >= 15 is 0 Å². The standard InChI is InChI=1S/C25H30N4O3/c1-18-7-10-28(11-8-19-15-26-21-6-4-3-5-20(19)21)23(30)22(18)24(31)29-12-9-25(17-29)16-27(2)13-14-32-25/h3-7,10,15,26H,8-9,11-14,16-17H2,1-2H3. The number of pyridine rings is 1. The van der Waals surface area contributed by atoms with Crippen LogP contribution in [0, 0.1) is 6.92 Å². The maximum absolute atomic E-state index is 13.4. The van der Waals surface area contributed by atoms with Crippen molar-refractivity contribution < 1.29 is 9.53 Å². The molecule has 7 heteroatoms. The lowest BCUT2D eigenvalue weighted by Crippen LogP contribution is -2.52. The fourth-order valence-corrected chi connectivity index (χ4v) is 5.14. The normalized spacial score (nSPS) is 21.6. The van der Waals surface area contributed by atoms with Gasteiger partial charge in [-0.3, -0.25) is 9.59 Å². The number of likely N-dealkylation sites (N-methyl/N-ethyl adjacent to an activating group) is 1. The molecule has 7 nitrogen and oxygen atoms in total. The lowest BCUT2D eigenvalue weighted by atomic mass is 10.0. The first-order valence-corrected chi connectivity index (χ1v) is 11.3. The molecule has 0 radical (unpaired) electrons. The van der Waals surface area contributed by atoms with Crippen LogP contribution < -0.4 is 5.56 Å². The largest absolute Gasteiger partial charge is 0.370 e. The van der Waals surface area contributed by atoms with Gasteiger partial charge in [-0.2, -0.15) is 0 Å². The van der Waals surface area contributed by atoms with Gasteiger partial charge in [0.05, 0.1) is 13.2 Å². The lowest BCUT2D eigenvalue weighted by molar-refractivity contribution is -0.0935. The number of rotatable bonds is 4. The minimum atomic E-state index is -0.306. The Balaban J connectivity index is 1.35. The van der Waals surface area contributed by atoms with Crippen molar-refractivity contribution in [2.75, 3.05) is 39.8 Å². The van der Waals surface area contributed by atoms with Crippen molar-refractivity contribution in [1.82, 2.24) is 19.4 Å². The minimum Gasteiger partial charge on any atom is -0.370 e. The molecule has 1 N–H and O–H groups in total. The molecule has 32 heavy (non-hydrogen) atoms. The minimum absolute atomic E-state index is 0.178. The molecule has 2 fully saturated rings. The number of morpholine rings is 1. The van der Waals surface area contributed by atoms with Gasteiger partial charge in [-0.25, -0.2) is 0 Å². The molecular formula is C25H30N4O3. The van der Waals surface area contributed by atoms with Crippen molar-refractivity contribution >= 4 is 16.8 Å². The average Bonchev–Trinajstić information content (AvgIpc) is 3.37. The number of aryl methyl sites for hydroxylation is 3. The second-order valence-electron chi connectivity index (χ2n) is 9.23. The van der Waals surface area contributed by atoms with Crippen LogP contribution in [0.15, 0.2) is 47.5 Å². The van der Waals surface area contributed by atoms with Crippen LogP contribution in [0.25, 0.3) is 10.9 Å². The zero-order chi connectivity index (χ0) is 22.3. The topological polar surface area (TPSA) is 70.6 Å². The summed E-state index contributed by atoms with van der Waals surface area (Å²) >= 11 is 0. The summed E-state index contributed by atoms with van der Waals surface area (Å²) in [4.78, 5) is 34.0. The highest BCUT2D eigenvalue weighted by molar-refractivity contribution is 5.95. The van der Waals surface area contributed by atoms with E-state index in [1.54, 1.807) is 15.7 Å². The van der Waals surface area contributed by atoms with Crippen LogP contribution in [-0.2, 0) is 17.7 Å². The van der Waals surface area contributed by atoms with E-state index in [0.717, 1.165) is 30.6 Å². The van der Waals surface area contributed by atoms with Gasteiger partial charge in [0.1, 0.15) is 11.2 Å². The predicted molar refractivity (Wildman–Crippen MR) is 124 cm³/mol. The molecule has 2 aliphatic rings. The van der Waals surface area contributed by atoms with Crippen molar-refractivity contribution in [2.45, 2.75) is 31.9 Å². The molecule has 0 aliphatic carbocycles. The number of carbonyl (C=O) groups is 1. The molecule has 4 heterocycles. The van der Waals surface area contributed by atoms with Gasteiger partial charge in [0.15, 0.2) is 0 Å². The van der Waals surface area contributed by atoms with Gasteiger partial charge in [-0.15, -0.1) is 0 Å². The number of nitrogens with one attached hydrogen (secondary N) is 1. The van der Waals surface area contributed by atoms with E-state index in [1.165, 1.54) is 10.9 Å². The third-order valence-electron chi connectivity index (χ3n) is 6.93. The zero-order valence-corrected chi connectivity index (χ0v) is 18.8. The monoisotopic (exact) mass is 434 g/mol. The van der Waals surface area contributed by atoms with Crippen LogP contribution in [0.3, 0.4) is 0 Å². The highest BCUT2D eigenvalue weighted by Gasteiger charge is 2.44. The summed E-state index contributed by atoms with van der Waals surface area (Å²) in [6.45, 7) is 5.95. The Labute approximate surface area is 187 Å². The van der Waals surface area contributed by atoms with Crippen LogP contribution >= 0.6 is 0 Å². The number of nitrogens with zero attached hydrogens (tertiary/aromatic N) is 3. The number of likely N-dealkylation sites (tertiary alicyclic amines) is 1. The van der Waals surface area contributed by atoms with Crippen LogP contribution in [0.5, 0.6) is 0 Å². The summed E-state index contributed by atoms with van der Waals surface area (Å²) in [6, 6.07) is 10.0. The number of hydrogen-bond acceptors (Lipinski definition) is 4. The quantitative estimate of drug-likeness (QED) is 0.685. The first-order valence-electron chi connectivity index (χ1n) is 11.3. The van der Waals surface area contributed by atoms with Crippen molar-refractivity contribution in [3.05, 3.63) is 69.8 Å². The number of ether oxygens (including phenoxy) is 1. The van der Waals surface area contributed by atoms with Gasteiger partial charge in [-0.1, -0.05) is 18.2 Å². The number of H-pyrrole nitrogens is 1. The summed E-state index contributed by atoms with van der Waals surface area (Å²) in [5.41, 5.74) is 2.75. The molecule has 2 aromatic heterocycles. The Morgan fingerprint density at radius 2 is 2.03 bits per heavy atom. The number of benzene rings is 1. The van der Waals surface area contributed by atoms with Crippen molar-refractivity contribution in [1.29, 1.82) is 0 Å². The summed E-state index contributed by atoms with van der Waals surface area (Å²) < 4.78 is 7.76. The van der Waals surface area contributed by atoms with Crippen LogP contribution in [-0.4, -0.2) is 70.7 Å². The van der Waals surface area contributed by atoms with Crippen LogP contribution in [0.2, 0.25) is 0 Å². The maximum Gasteiger partial charge on any atom is 0.263 e. The summed E-state index contributed by atoms with van der Waals surface area (Å²) in [5, 5.41) is 1.17. The fraction of sp³-hybridized carbons (Fsp3) is 0.440. The van der Waals surface area contributed by atoms with Gasteiger partial charge >= 0.3 is 0 Å². The van der Waals surface area contributed by atoms with E-state index in [1.807, 2.05) is 37.4 Å². The Bertz CT molecular complexity index is 1210. The van der Waals surface area contributed by atoms with Crippen molar-refractivity contribution in [3.8, 4) is 0 Å². The summed E-state index contributed by atoms with van der Waals surface area (Å²) in [7, 11) is 2.09. The van der Waals surface area contributed by atoms with Gasteiger partial charge in [0.25, 0.3) is 11.5 Å². The van der Waals surface area contributed by atoms with Crippen molar-refractivity contribution in [3.63, 3.8) is 0 Å². The van der Waals surface area contributed by atoms with Gasteiger partial charge in [-0.05, 0) is 50.1 Å². The van der Waals surface area contributed by atoms with E-state index < -0.39 is 0 Å². The smallest absolute Gasteiger partial charge is 0.263 e. The summed E-state index contributed by atoms with van der Waals surface area (Å²) in [6.07, 6.45) is 5.33. The first kappa shape index (κ1) is 21.0. The van der Waals surface area contributed by atoms with E-state index in [2.05, 4.69) is 23.0 Å². The molecule has 2 saturated heterocycles. The Kier molecular flexibility index (Phi) is 5.39. The third-order valence-corrected chi connectivity index (χ3v) is 6.93. The Hall–Kier alpha value is -2.90. The van der Waals surface area contributed by atoms with Crippen molar-refractivity contribution in [2.24, 2.45) is 0 Å². The molecule has 0 saturated carbocycles. The van der Waals surface area contributed by atoms with E-state index in [9.17, 15) is 9.59 Å². The number of aromatic nitrogens is 2. The number of hydrogen-bond donors (Lipinski definition) is 1. The van der Waals surface area contributed by atoms with E-state index in [4.69, 9.17) is 4.74 Å². The molecule has 1 aromatic carbocycles. The van der Waals surface area contributed by atoms with E-state index in [0.29, 0.717) is 32.7 Å². The highest BCUT2D eigenvalue weighted by Crippen LogP contribution is 2.29. The molecule has 1 spiro atoms. The van der Waals surface area contributed by atoms with Gasteiger partial charge in [0, 0.05) is 49.5 Å². The highest BCUT2D eigenvalue weighted by atomic mass is 16.5. The first-order chi connectivity index (χ1) is 15.5. The molecule has 2 aliphatic heterocycles. The average molecular weight is 435 g/mol. The Morgan fingerprint density at radius 3 is 2.88 bits per heavy atom.